The number of amides is 1. The fraction of sp³-hybridized carbons (Fsp3) is 0.632. The minimum Gasteiger partial charge on any atom is -0.311 e. The standard InChI is InChI=1S/C19H22ClNO/c20-19-10-13-7-14(11-19)9-18(8-13,12-19)17(22)21-6-5-15-3-1-2-4-16(15)21/h1-4,13-14H,5-12H2. The molecule has 1 aromatic rings. The highest BCUT2D eigenvalue weighted by Crippen LogP contribution is 2.64. The average molecular weight is 316 g/mol. The van der Waals surface area contributed by atoms with Crippen molar-refractivity contribution >= 4 is 23.2 Å². The lowest BCUT2D eigenvalue weighted by atomic mass is 9.49. The van der Waals surface area contributed by atoms with E-state index in [1.807, 2.05) is 6.07 Å². The highest BCUT2D eigenvalue weighted by molar-refractivity contribution is 6.24. The van der Waals surface area contributed by atoms with Crippen LogP contribution in [0.1, 0.15) is 44.1 Å². The van der Waals surface area contributed by atoms with Crippen LogP contribution < -0.4 is 4.90 Å². The van der Waals surface area contributed by atoms with Gasteiger partial charge < -0.3 is 4.90 Å². The molecule has 6 rings (SSSR count). The monoisotopic (exact) mass is 315 g/mol. The Balaban J connectivity index is 1.51. The third kappa shape index (κ3) is 1.76. The Labute approximate surface area is 136 Å². The first kappa shape index (κ1) is 13.4. The Kier molecular flexibility index (Phi) is 2.61. The van der Waals surface area contributed by atoms with Crippen LogP contribution in [0.4, 0.5) is 5.69 Å². The van der Waals surface area contributed by atoms with E-state index in [9.17, 15) is 4.79 Å². The molecule has 1 heterocycles. The molecule has 0 N–H and O–H groups in total. The van der Waals surface area contributed by atoms with Gasteiger partial charge in [-0.05, 0) is 68.4 Å². The summed E-state index contributed by atoms with van der Waals surface area (Å²) >= 11 is 6.90. The predicted octanol–water partition coefficient (Wildman–Crippen LogP) is 4.15. The Morgan fingerprint density at radius 3 is 2.59 bits per heavy atom. The molecule has 1 amide bonds. The molecular weight excluding hydrogens is 294 g/mol. The van der Waals surface area contributed by atoms with Gasteiger partial charge in [0, 0.05) is 17.1 Å². The summed E-state index contributed by atoms with van der Waals surface area (Å²) in [6, 6.07) is 8.39. The first-order chi connectivity index (χ1) is 10.6. The minimum absolute atomic E-state index is 0.0843. The molecule has 1 aromatic carbocycles. The largest absolute Gasteiger partial charge is 0.311 e. The van der Waals surface area contributed by atoms with Crippen molar-refractivity contribution in [2.24, 2.45) is 17.3 Å². The predicted molar refractivity (Wildman–Crippen MR) is 88.2 cm³/mol. The summed E-state index contributed by atoms with van der Waals surface area (Å²) in [5, 5.41) is 0. The Morgan fingerprint density at radius 1 is 1.14 bits per heavy atom. The van der Waals surface area contributed by atoms with Gasteiger partial charge in [0.1, 0.15) is 0 Å². The molecule has 4 bridgehead atoms. The second-order valence-corrected chi connectivity index (χ2v) is 9.03. The normalized spacial score (nSPS) is 41.8. The van der Waals surface area contributed by atoms with Crippen molar-refractivity contribution in [2.75, 3.05) is 11.4 Å². The Hall–Kier alpha value is -1.02. The maximum absolute atomic E-state index is 13.5. The summed E-state index contributed by atoms with van der Waals surface area (Å²) in [6.45, 7) is 0.852. The molecule has 4 fully saturated rings. The average Bonchev–Trinajstić information content (AvgIpc) is 2.87. The second-order valence-electron chi connectivity index (χ2n) is 8.23. The van der Waals surface area contributed by atoms with Gasteiger partial charge in [0.15, 0.2) is 0 Å². The highest BCUT2D eigenvalue weighted by atomic mass is 35.5. The Bertz CT molecular complexity index is 641. The molecule has 4 aliphatic carbocycles. The van der Waals surface area contributed by atoms with Crippen LogP contribution in [0.15, 0.2) is 24.3 Å². The molecule has 22 heavy (non-hydrogen) atoms. The van der Waals surface area contributed by atoms with E-state index in [4.69, 9.17) is 11.6 Å². The van der Waals surface area contributed by atoms with Gasteiger partial charge in [0.2, 0.25) is 5.91 Å². The molecule has 5 aliphatic rings. The Morgan fingerprint density at radius 2 is 1.86 bits per heavy atom. The van der Waals surface area contributed by atoms with Crippen LogP contribution in [0.2, 0.25) is 0 Å². The number of carbonyl (C=O) groups excluding carboxylic acids is 1. The number of fused-ring (bicyclic) bond motifs is 1. The lowest BCUT2D eigenvalue weighted by molar-refractivity contribution is -0.141. The van der Waals surface area contributed by atoms with E-state index < -0.39 is 0 Å². The van der Waals surface area contributed by atoms with Crippen molar-refractivity contribution in [2.45, 2.75) is 49.8 Å². The van der Waals surface area contributed by atoms with Gasteiger partial charge in [-0.1, -0.05) is 18.2 Å². The van der Waals surface area contributed by atoms with E-state index >= 15 is 0 Å². The molecule has 2 nitrogen and oxygen atoms in total. The molecule has 4 saturated carbocycles. The number of nitrogens with zero attached hydrogens (tertiary/aromatic N) is 1. The first-order valence-corrected chi connectivity index (χ1v) is 9.04. The highest BCUT2D eigenvalue weighted by Gasteiger charge is 2.61. The summed E-state index contributed by atoms with van der Waals surface area (Å²) in [4.78, 5) is 15.5. The summed E-state index contributed by atoms with van der Waals surface area (Å²) in [5.74, 6) is 1.73. The van der Waals surface area contributed by atoms with Gasteiger partial charge in [-0.3, -0.25) is 4.79 Å². The van der Waals surface area contributed by atoms with E-state index in [1.165, 1.54) is 12.0 Å². The third-order valence-corrected chi connectivity index (χ3v) is 7.02. The van der Waals surface area contributed by atoms with Crippen LogP contribution in [0, 0.1) is 17.3 Å². The van der Waals surface area contributed by atoms with Gasteiger partial charge in [-0.15, -0.1) is 11.6 Å². The molecule has 0 radical (unpaired) electrons. The van der Waals surface area contributed by atoms with Crippen LogP contribution in [0.25, 0.3) is 0 Å². The molecule has 2 unspecified atom stereocenters. The second kappa shape index (κ2) is 4.29. The van der Waals surface area contributed by atoms with Gasteiger partial charge in [-0.2, -0.15) is 0 Å². The fourth-order valence-corrected chi connectivity index (χ4v) is 6.93. The lowest BCUT2D eigenvalue weighted by Crippen LogP contribution is -2.59. The van der Waals surface area contributed by atoms with Crippen molar-refractivity contribution < 1.29 is 4.79 Å². The molecule has 1 aliphatic heterocycles. The number of anilines is 1. The van der Waals surface area contributed by atoms with Gasteiger partial charge in [-0.25, -0.2) is 0 Å². The van der Waals surface area contributed by atoms with Gasteiger partial charge >= 0.3 is 0 Å². The lowest BCUT2D eigenvalue weighted by Gasteiger charge is -2.59. The van der Waals surface area contributed by atoms with Gasteiger partial charge in [0.05, 0.1) is 5.41 Å². The summed E-state index contributed by atoms with van der Waals surface area (Å²) in [5.41, 5.74) is 2.30. The van der Waals surface area contributed by atoms with Crippen molar-refractivity contribution in [1.29, 1.82) is 0 Å². The molecular formula is C19H22ClNO. The van der Waals surface area contributed by atoms with E-state index in [1.54, 1.807) is 0 Å². The van der Waals surface area contributed by atoms with Crippen molar-refractivity contribution in [3.8, 4) is 0 Å². The zero-order valence-corrected chi connectivity index (χ0v) is 13.6. The van der Waals surface area contributed by atoms with Crippen molar-refractivity contribution in [3.63, 3.8) is 0 Å². The van der Waals surface area contributed by atoms with Crippen molar-refractivity contribution in [3.05, 3.63) is 29.8 Å². The molecule has 116 valence electrons. The maximum atomic E-state index is 13.5. The number of benzene rings is 1. The number of carbonyl (C=O) groups is 1. The topological polar surface area (TPSA) is 20.3 Å². The number of hydrogen-bond acceptors (Lipinski definition) is 1. The van der Waals surface area contributed by atoms with E-state index in [-0.39, 0.29) is 10.3 Å². The van der Waals surface area contributed by atoms with E-state index in [2.05, 4.69) is 23.1 Å². The van der Waals surface area contributed by atoms with Crippen molar-refractivity contribution in [1.82, 2.24) is 0 Å². The zero-order valence-electron chi connectivity index (χ0n) is 12.9. The van der Waals surface area contributed by atoms with Crippen LogP contribution >= 0.6 is 11.6 Å². The molecule has 3 heteroatoms. The molecule has 2 atom stereocenters. The number of halogens is 1. The SMILES string of the molecule is O=C(N1CCc2ccccc21)C12CC3CC(CC(Cl)(C3)C1)C2. The van der Waals surface area contributed by atoms with Crippen LogP contribution in [0.5, 0.6) is 0 Å². The molecule has 0 spiro atoms. The summed E-state index contributed by atoms with van der Waals surface area (Å²) in [7, 11) is 0. The number of rotatable bonds is 1. The first-order valence-electron chi connectivity index (χ1n) is 8.66. The molecule has 0 saturated heterocycles. The third-order valence-electron chi connectivity index (χ3n) is 6.58. The van der Waals surface area contributed by atoms with Crippen LogP contribution in [-0.4, -0.2) is 17.3 Å². The summed E-state index contributed by atoms with van der Waals surface area (Å²) in [6.07, 6.45) is 7.64. The smallest absolute Gasteiger partial charge is 0.233 e. The van der Waals surface area contributed by atoms with Crippen LogP contribution in [0.3, 0.4) is 0 Å². The van der Waals surface area contributed by atoms with E-state index in [0.717, 1.165) is 50.8 Å². The quantitative estimate of drug-likeness (QED) is 0.713. The van der Waals surface area contributed by atoms with Crippen LogP contribution in [-0.2, 0) is 11.2 Å². The minimum atomic E-state index is -0.163. The zero-order chi connectivity index (χ0) is 14.9. The van der Waals surface area contributed by atoms with Gasteiger partial charge in [0.25, 0.3) is 0 Å². The fourth-order valence-electron chi connectivity index (χ4n) is 6.24. The number of para-hydroxylation sites is 1. The molecule has 0 aromatic heterocycles. The maximum Gasteiger partial charge on any atom is 0.233 e. The van der Waals surface area contributed by atoms with E-state index in [0.29, 0.717) is 17.7 Å². The number of hydrogen-bond donors (Lipinski definition) is 0. The number of alkyl halides is 1. The summed E-state index contributed by atoms with van der Waals surface area (Å²) < 4.78 is 0.